The molecule has 0 fully saturated rings. The zero-order valence-corrected chi connectivity index (χ0v) is 13.5. The van der Waals surface area contributed by atoms with Crippen LogP contribution in [0.5, 0.6) is 5.75 Å². The number of para-hydroxylation sites is 2. The van der Waals surface area contributed by atoms with E-state index in [1.807, 2.05) is 24.3 Å². The number of carbonyl (C=O) groups excluding carboxylic acids is 2. The summed E-state index contributed by atoms with van der Waals surface area (Å²) in [5.74, 6) is -0.0232. The summed E-state index contributed by atoms with van der Waals surface area (Å²) in [6, 6.07) is 7.42. The molecule has 1 N–H and O–H groups in total. The number of rotatable bonds is 7. The van der Waals surface area contributed by atoms with E-state index in [4.69, 9.17) is 4.74 Å². The molecule has 0 aliphatic rings. The lowest BCUT2D eigenvalue weighted by Gasteiger charge is -2.10. The molecule has 122 valence electrons. The number of methoxy groups -OCH3 is 2. The van der Waals surface area contributed by atoms with Crippen molar-refractivity contribution in [3.05, 3.63) is 30.6 Å². The fourth-order valence-corrected chi connectivity index (χ4v) is 2.49. The summed E-state index contributed by atoms with van der Waals surface area (Å²) in [5.41, 5.74) is 0.775. The van der Waals surface area contributed by atoms with Gasteiger partial charge in [-0.2, -0.15) is 0 Å². The van der Waals surface area contributed by atoms with Gasteiger partial charge in [0.05, 0.1) is 25.7 Å². The molecular formula is C14H16N4O4S. The van der Waals surface area contributed by atoms with Gasteiger partial charge in [0, 0.05) is 0 Å². The molecule has 1 amide bonds. The van der Waals surface area contributed by atoms with Gasteiger partial charge in [-0.1, -0.05) is 23.9 Å². The van der Waals surface area contributed by atoms with Crippen LogP contribution in [-0.4, -0.2) is 53.2 Å². The maximum Gasteiger partial charge on any atom is 0.325 e. The molecule has 0 spiro atoms. The average molecular weight is 336 g/mol. The molecule has 23 heavy (non-hydrogen) atoms. The Labute approximate surface area is 137 Å². The van der Waals surface area contributed by atoms with Crippen LogP contribution >= 0.6 is 11.8 Å². The lowest BCUT2D eigenvalue weighted by Crippen LogP contribution is -2.31. The molecular weight excluding hydrogens is 320 g/mol. The first-order valence-corrected chi connectivity index (χ1v) is 7.64. The van der Waals surface area contributed by atoms with Crippen LogP contribution < -0.4 is 10.1 Å². The third kappa shape index (κ3) is 4.46. The van der Waals surface area contributed by atoms with E-state index in [-0.39, 0.29) is 18.2 Å². The summed E-state index contributed by atoms with van der Waals surface area (Å²) >= 11 is 1.20. The lowest BCUT2D eigenvalue weighted by molar-refractivity contribution is -0.140. The summed E-state index contributed by atoms with van der Waals surface area (Å²) in [6.45, 7) is -0.158. The number of esters is 1. The molecule has 0 saturated heterocycles. The van der Waals surface area contributed by atoms with E-state index in [2.05, 4.69) is 20.3 Å². The molecule has 0 saturated carbocycles. The van der Waals surface area contributed by atoms with Gasteiger partial charge in [0.2, 0.25) is 5.91 Å². The molecule has 8 nitrogen and oxygen atoms in total. The molecule has 0 aliphatic heterocycles. The molecule has 0 atom stereocenters. The lowest BCUT2D eigenvalue weighted by atomic mass is 10.3. The number of hydrogen-bond acceptors (Lipinski definition) is 7. The number of amides is 1. The van der Waals surface area contributed by atoms with E-state index in [9.17, 15) is 9.59 Å². The second kappa shape index (κ2) is 8.18. The fraction of sp³-hybridized carbons (Fsp3) is 0.286. The predicted molar refractivity (Wildman–Crippen MR) is 83.7 cm³/mol. The highest BCUT2D eigenvalue weighted by atomic mass is 32.2. The topological polar surface area (TPSA) is 95.3 Å². The third-order valence-electron chi connectivity index (χ3n) is 2.85. The second-order valence-electron chi connectivity index (χ2n) is 4.30. The van der Waals surface area contributed by atoms with Crippen molar-refractivity contribution in [3.8, 4) is 11.4 Å². The van der Waals surface area contributed by atoms with E-state index in [1.165, 1.54) is 18.9 Å². The van der Waals surface area contributed by atoms with Crippen LogP contribution in [0.3, 0.4) is 0 Å². The Morgan fingerprint density at radius 2 is 2.09 bits per heavy atom. The number of nitrogens with zero attached hydrogens (tertiary/aromatic N) is 3. The quantitative estimate of drug-likeness (QED) is 0.586. The Bertz CT molecular complexity index is 689. The summed E-state index contributed by atoms with van der Waals surface area (Å²) in [5, 5.41) is 10.9. The van der Waals surface area contributed by atoms with Crippen LogP contribution in [-0.2, 0) is 14.3 Å². The van der Waals surface area contributed by atoms with Gasteiger partial charge in [0.15, 0.2) is 5.16 Å². The Kier molecular flexibility index (Phi) is 5.98. The molecule has 2 rings (SSSR count). The maximum absolute atomic E-state index is 11.7. The normalized spacial score (nSPS) is 10.2. The second-order valence-corrected chi connectivity index (χ2v) is 5.24. The maximum atomic E-state index is 11.7. The van der Waals surface area contributed by atoms with E-state index >= 15 is 0 Å². The van der Waals surface area contributed by atoms with Gasteiger partial charge in [-0.05, 0) is 12.1 Å². The minimum Gasteiger partial charge on any atom is -0.495 e. The third-order valence-corrected chi connectivity index (χ3v) is 3.79. The Morgan fingerprint density at radius 3 is 2.83 bits per heavy atom. The number of thioether (sulfide) groups is 1. The zero-order valence-electron chi connectivity index (χ0n) is 12.7. The van der Waals surface area contributed by atoms with Gasteiger partial charge in [0.1, 0.15) is 18.6 Å². The smallest absolute Gasteiger partial charge is 0.325 e. The van der Waals surface area contributed by atoms with Crippen molar-refractivity contribution in [2.24, 2.45) is 0 Å². The molecule has 0 bridgehead atoms. The molecule has 0 unspecified atom stereocenters. The number of carbonyl (C=O) groups is 2. The summed E-state index contributed by atoms with van der Waals surface area (Å²) in [6.07, 6.45) is 1.55. The van der Waals surface area contributed by atoms with Gasteiger partial charge in [-0.3, -0.25) is 14.2 Å². The minimum atomic E-state index is -0.500. The van der Waals surface area contributed by atoms with Crippen molar-refractivity contribution in [2.75, 3.05) is 26.5 Å². The molecule has 0 radical (unpaired) electrons. The first-order chi connectivity index (χ1) is 11.2. The first kappa shape index (κ1) is 16.8. The summed E-state index contributed by atoms with van der Waals surface area (Å²) in [7, 11) is 2.84. The summed E-state index contributed by atoms with van der Waals surface area (Å²) in [4.78, 5) is 22.7. The Hall–Kier alpha value is -2.55. The average Bonchev–Trinajstić information content (AvgIpc) is 3.06. The molecule has 1 heterocycles. The number of nitrogens with one attached hydrogen (secondary N) is 1. The van der Waals surface area contributed by atoms with Gasteiger partial charge >= 0.3 is 5.97 Å². The monoisotopic (exact) mass is 336 g/mol. The number of hydrogen-bond donors (Lipinski definition) is 1. The van der Waals surface area contributed by atoms with Gasteiger partial charge < -0.3 is 14.8 Å². The highest BCUT2D eigenvalue weighted by Crippen LogP contribution is 2.26. The number of ether oxygens (including phenoxy) is 2. The first-order valence-electron chi connectivity index (χ1n) is 6.65. The van der Waals surface area contributed by atoms with E-state index in [0.717, 1.165) is 5.69 Å². The van der Waals surface area contributed by atoms with Crippen molar-refractivity contribution >= 4 is 23.6 Å². The number of benzene rings is 1. The standard InChI is InChI=1S/C14H16N4O4S/c1-21-11-6-4-3-5-10(11)18-9-16-17-14(18)23-8-12(19)15-7-13(20)22-2/h3-6,9H,7-8H2,1-2H3,(H,15,19). The zero-order chi connectivity index (χ0) is 16.7. The van der Waals surface area contributed by atoms with Crippen molar-refractivity contribution in [1.82, 2.24) is 20.1 Å². The highest BCUT2D eigenvalue weighted by molar-refractivity contribution is 7.99. The number of aromatic nitrogens is 3. The van der Waals surface area contributed by atoms with Gasteiger partial charge in [-0.25, -0.2) is 0 Å². The molecule has 0 aliphatic carbocycles. The Balaban J connectivity index is 2.02. The van der Waals surface area contributed by atoms with E-state index in [0.29, 0.717) is 10.9 Å². The van der Waals surface area contributed by atoms with Crippen LogP contribution in [0.25, 0.3) is 5.69 Å². The fourth-order valence-electron chi connectivity index (χ4n) is 1.74. The Morgan fingerprint density at radius 1 is 1.30 bits per heavy atom. The van der Waals surface area contributed by atoms with Crippen LogP contribution in [0.4, 0.5) is 0 Å². The SMILES string of the molecule is COC(=O)CNC(=O)CSc1nncn1-c1ccccc1OC. The largest absolute Gasteiger partial charge is 0.495 e. The van der Waals surface area contributed by atoms with Crippen LogP contribution in [0.1, 0.15) is 0 Å². The van der Waals surface area contributed by atoms with Gasteiger partial charge in [-0.15, -0.1) is 10.2 Å². The van der Waals surface area contributed by atoms with Crippen molar-refractivity contribution in [3.63, 3.8) is 0 Å². The van der Waals surface area contributed by atoms with E-state index in [1.54, 1.807) is 18.0 Å². The van der Waals surface area contributed by atoms with Crippen LogP contribution in [0.2, 0.25) is 0 Å². The minimum absolute atomic E-state index is 0.102. The van der Waals surface area contributed by atoms with E-state index < -0.39 is 5.97 Å². The summed E-state index contributed by atoms with van der Waals surface area (Å²) < 4.78 is 11.5. The van der Waals surface area contributed by atoms with Crippen molar-refractivity contribution in [1.29, 1.82) is 0 Å². The predicted octanol–water partition coefficient (Wildman–Crippen LogP) is 0.657. The van der Waals surface area contributed by atoms with Crippen molar-refractivity contribution in [2.45, 2.75) is 5.16 Å². The van der Waals surface area contributed by atoms with Crippen LogP contribution in [0.15, 0.2) is 35.7 Å². The molecule has 1 aromatic carbocycles. The van der Waals surface area contributed by atoms with Crippen molar-refractivity contribution < 1.29 is 19.1 Å². The van der Waals surface area contributed by atoms with Crippen LogP contribution in [0, 0.1) is 0 Å². The molecule has 9 heteroatoms. The molecule has 2 aromatic rings. The molecule has 1 aromatic heterocycles. The highest BCUT2D eigenvalue weighted by Gasteiger charge is 2.13. The van der Waals surface area contributed by atoms with Gasteiger partial charge in [0.25, 0.3) is 0 Å².